The Kier molecular flexibility index (Phi) is 5.11. The molecule has 0 aromatic carbocycles. The second-order valence-electron chi connectivity index (χ2n) is 5.64. The van der Waals surface area contributed by atoms with Crippen molar-refractivity contribution in [3.8, 4) is 0 Å². The zero-order chi connectivity index (χ0) is 11.4. The summed E-state index contributed by atoms with van der Waals surface area (Å²) in [7, 11) is 0. The van der Waals surface area contributed by atoms with Gasteiger partial charge < -0.3 is 5.32 Å². The van der Waals surface area contributed by atoms with Gasteiger partial charge in [0.2, 0.25) is 0 Å². The molecule has 0 saturated heterocycles. The van der Waals surface area contributed by atoms with E-state index in [1.54, 1.807) is 0 Å². The molecule has 4 atom stereocenters. The van der Waals surface area contributed by atoms with Crippen LogP contribution in [0.15, 0.2) is 0 Å². The van der Waals surface area contributed by atoms with E-state index in [1.165, 1.54) is 25.7 Å². The Labute approximate surface area is 96.0 Å². The van der Waals surface area contributed by atoms with Crippen molar-refractivity contribution in [3.63, 3.8) is 0 Å². The summed E-state index contributed by atoms with van der Waals surface area (Å²) in [5.41, 5.74) is 0. The Bertz CT molecular complexity index is 176. The summed E-state index contributed by atoms with van der Waals surface area (Å²) >= 11 is 0. The molecule has 0 aromatic rings. The molecule has 1 N–H and O–H groups in total. The van der Waals surface area contributed by atoms with Gasteiger partial charge in [-0.25, -0.2) is 0 Å². The summed E-state index contributed by atoms with van der Waals surface area (Å²) in [6.45, 7) is 11.7. The van der Waals surface area contributed by atoms with E-state index in [-0.39, 0.29) is 0 Å². The van der Waals surface area contributed by atoms with Gasteiger partial charge in [-0.2, -0.15) is 0 Å². The van der Waals surface area contributed by atoms with Gasteiger partial charge in [-0.1, -0.05) is 41.0 Å². The Morgan fingerprint density at radius 1 is 1.20 bits per heavy atom. The maximum absolute atomic E-state index is 3.88. The molecule has 4 unspecified atom stereocenters. The maximum atomic E-state index is 3.88. The minimum Gasteiger partial charge on any atom is -0.311 e. The number of rotatable bonds is 5. The molecule has 1 saturated carbocycles. The number of hydrogen-bond acceptors (Lipinski definition) is 1. The lowest BCUT2D eigenvalue weighted by Crippen LogP contribution is -2.42. The van der Waals surface area contributed by atoms with Crippen LogP contribution in [0.3, 0.4) is 0 Å². The average Bonchev–Trinajstić information content (AvgIpc) is 2.55. The number of nitrogens with one attached hydrogen (secondary N) is 1. The van der Waals surface area contributed by atoms with Gasteiger partial charge in [-0.15, -0.1) is 0 Å². The van der Waals surface area contributed by atoms with Gasteiger partial charge in [0, 0.05) is 12.1 Å². The molecule has 0 heterocycles. The van der Waals surface area contributed by atoms with E-state index in [9.17, 15) is 0 Å². The van der Waals surface area contributed by atoms with Crippen LogP contribution in [0.4, 0.5) is 0 Å². The molecule has 1 fully saturated rings. The SMILES string of the molecule is CCC1CCC(NC(CC)C(C)C)C1C. The van der Waals surface area contributed by atoms with Gasteiger partial charge in [0.15, 0.2) is 0 Å². The average molecular weight is 211 g/mol. The first-order valence-corrected chi connectivity index (χ1v) is 6.86. The third-order valence-electron chi connectivity index (χ3n) is 4.42. The molecule has 0 aromatic heterocycles. The number of hydrogen-bond donors (Lipinski definition) is 1. The highest BCUT2D eigenvalue weighted by Crippen LogP contribution is 2.34. The first kappa shape index (κ1) is 13.0. The van der Waals surface area contributed by atoms with Gasteiger partial charge in [-0.3, -0.25) is 0 Å². The van der Waals surface area contributed by atoms with E-state index < -0.39 is 0 Å². The Hall–Kier alpha value is -0.0400. The van der Waals surface area contributed by atoms with Gasteiger partial charge in [0.1, 0.15) is 0 Å². The quantitative estimate of drug-likeness (QED) is 0.728. The van der Waals surface area contributed by atoms with E-state index in [2.05, 4.69) is 39.9 Å². The first-order valence-electron chi connectivity index (χ1n) is 6.86. The minimum absolute atomic E-state index is 0.716. The summed E-state index contributed by atoms with van der Waals surface area (Å²) < 4.78 is 0. The van der Waals surface area contributed by atoms with Crippen molar-refractivity contribution in [3.05, 3.63) is 0 Å². The molecule has 0 amide bonds. The minimum atomic E-state index is 0.716. The van der Waals surface area contributed by atoms with Crippen LogP contribution in [0.25, 0.3) is 0 Å². The molecular formula is C14H29N. The van der Waals surface area contributed by atoms with Crippen LogP contribution in [-0.4, -0.2) is 12.1 Å². The normalized spacial score (nSPS) is 33.6. The predicted octanol–water partition coefficient (Wildman–Crippen LogP) is 3.84. The first-order chi connectivity index (χ1) is 7.10. The molecule has 15 heavy (non-hydrogen) atoms. The van der Waals surface area contributed by atoms with E-state index >= 15 is 0 Å². The maximum Gasteiger partial charge on any atom is 0.00981 e. The van der Waals surface area contributed by atoms with Crippen molar-refractivity contribution < 1.29 is 0 Å². The molecule has 0 bridgehead atoms. The fraction of sp³-hybridized carbons (Fsp3) is 1.00. The molecule has 1 nitrogen and oxygen atoms in total. The molecule has 0 spiro atoms. The van der Waals surface area contributed by atoms with Crippen molar-refractivity contribution in [2.75, 3.05) is 0 Å². The van der Waals surface area contributed by atoms with Crippen LogP contribution in [0.2, 0.25) is 0 Å². The third-order valence-corrected chi connectivity index (χ3v) is 4.42. The summed E-state index contributed by atoms with van der Waals surface area (Å²) in [5, 5.41) is 3.88. The van der Waals surface area contributed by atoms with Crippen LogP contribution < -0.4 is 5.32 Å². The molecule has 1 heteroatoms. The fourth-order valence-electron chi connectivity index (χ4n) is 3.12. The molecule has 1 aliphatic rings. The highest BCUT2D eigenvalue weighted by atomic mass is 15.0. The van der Waals surface area contributed by atoms with Crippen molar-refractivity contribution >= 4 is 0 Å². The van der Waals surface area contributed by atoms with Crippen LogP contribution in [0.5, 0.6) is 0 Å². The molecule has 90 valence electrons. The molecule has 0 aliphatic heterocycles. The highest BCUT2D eigenvalue weighted by molar-refractivity contribution is 4.88. The van der Waals surface area contributed by atoms with Gasteiger partial charge in [0.25, 0.3) is 0 Å². The van der Waals surface area contributed by atoms with E-state index in [4.69, 9.17) is 0 Å². The predicted molar refractivity (Wildman–Crippen MR) is 68.0 cm³/mol. The Morgan fingerprint density at radius 2 is 1.87 bits per heavy atom. The van der Waals surface area contributed by atoms with E-state index in [0.717, 1.165) is 23.8 Å². The standard InChI is InChI=1S/C14H29N/c1-6-12-8-9-14(11(12)5)15-13(7-2)10(3)4/h10-15H,6-9H2,1-5H3. The second kappa shape index (κ2) is 5.89. The van der Waals surface area contributed by atoms with Crippen LogP contribution in [-0.2, 0) is 0 Å². The third kappa shape index (κ3) is 3.21. The summed E-state index contributed by atoms with van der Waals surface area (Å²) in [5.74, 6) is 2.61. The van der Waals surface area contributed by atoms with Crippen molar-refractivity contribution in [1.82, 2.24) is 5.32 Å². The van der Waals surface area contributed by atoms with Crippen LogP contribution in [0.1, 0.15) is 60.3 Å². The van der Waals surface area contributed by atoms with E-state index in [1.807, 2.05) is 0 Å². The second-order valence-corrected chi connectivity index (χ2v) is 5.64. The smallest absolute Gasteiger partial charge is 0.00981 e. The zero-order valence-electron chi connectivity index (χ0n) is 11.2. The fourth-order valence-corrected chi connectivity index (χ4v) is 3.12. The summed E-state index contributed by atoms with van der Waals surface area (Å²) in [6, 6.07) is 1.50. The molecular weight excluding hydrogens is 182 g/mol. The van der Waals surface area contributed by atoms with Crippen molar-refractivity contribution in [1.29, 1.82) is 0 Å². The topological polar surface area (TPSA) is 12.0 Å². The summed E-state index contributed by atoms with van der Waals surface area (Å²) in [6.07, 6.45) is 5.45. The summed E-state index contributed by atoms with van der Waals surface area (Å²) in [4.78, 5) is 0. The van der Waals surface area contributed by atoms with Crippen LogP contribution in [0, 0.1) is 17.8 Å². The Balaban J connectivity index is 2.45. The lowest BCUT2D eigenvalue weighted by Gasteiger charge is -2.28. The highest BCUT2D eigenvalue weighted by Gasteiger charge is 2.32. The van der Waals surface area contributed by atoms with Crippen molar-refractivity contribution in [2.45, 2.75) is 72.4 Å². The Morgan fingerprint density at radius 3 is 2.27 bits per heavy atom. The lowest BCUT2D eigenvalue weighted by molar-refractivity contribution is 0.284. The van der Waals surface area contributed by atoms with Gasteiger partial charge >= 0.3 is 0 Å². The van der Waals surface area contributed by atoms with Gasteiger partial charge in [-0.05, 0) is 37.0 Å². The molecule has 1 rings (SSSR count). The largest absolute Gasteiger partial charge is 0.311 e. The van der Waals surface area contributed by atoms with E-state index in [0.29, 0.717) is 6.04 Å². The molecule has 1 aliphatic carbocycles. The van der Waals surface area contributed by atoms with Crippen molar-refractivity contribution in [2.24, 2.45) is 17.8 Å². The molecule has 0 radical (unpaired) electrons. The van der Waals surface area contributed by atoms with Gasteiger partial charge in [0.05, 0.1) is 0 Å². The monoisotopic (exact) mass is 211 g/mol. The van der Waals surface area contributed by atoms with Crippen LogP contribution >= 0.6 is 0 Å². The lowest BCUT2D eigenvalue weighted by atomic mass is 9.92. The zero-order valence-corrected chi connectivity index (χ0v) is 11.2.